The second-order valence-electron chi connectivity index (χ2n) is 8.56. The van der Waals surface area contributed by atoms with E-state index in [9.17, 15) is 13.2 Å². The average Bonchev–Trinajstić information content (AvgIpc) is 3.18. The van der Waals surface area contributed by atoms with Crippen LogP contribution in [0.3, 0.4) is 0 Å². The summed E-state index contributed by atoms with van der Waals surface area (Å²) in [7, 11) is -2.44. The molecule has 196 valence electrons. The molecule has 0 fully saturated rings. The second kappa shape index (κ2) is 12.7. The van der Waals surface area contributed by atoms with Gasteiger partial charge in [0.1, 0.15) is 5.76 Å². The molecule has 2 heterocycles. The van der Waals surface area contributed by atoms with E-state index in [0.717, 1.165) is 36.7 Å². The highest BCUT2D eigenvalue weighted by atomic mass is 127. The van der Waals surface area contributed by atoms with Crippen LogP contribution in [-0.4, -0.2) is 58.6 Å². The van der Waals surface area contributed by atoms with Crippen molar-refractivity contribution in [3.05, 3.63) is 45.0 Å². The van der Waals surface area contributed by atoms with Crippen molar-refractivity contribution in [3.63, 3.8) is 0 Å². The van der Waals surface area contributed by atoms with E-state index in [1.54, 1.807) is 13.1 Å². The summed E-state index contributed by atoms with van der Waals surface area (Å²) in [6.07, 6.45) is 4.76. The smallest absolute Gasteiger partial charge is 0.255 e. The number of rotatable bonds is 12. The quantitative estimate of drug-likeness (QED) is 0.153. The third-order valence-electron chi connectivity index (χ3n) is 5.71. The van der Waals surface area contributed by atoms with Gasteiger partial charge in [-0.25, -0.2) is 8.42 Å². The summed E-state index contributed by atoms with van der Waals surface area (Å²) in [4.78, 5) is 17.4. The number of halogens is 1. The number of anilines is 1. The van der Waals surface area contributed by atoms with Gasteiger partial charge in [-0.1, -0.05) is 36.2 Å². The summed E-state index contributed by atoms with van der Waals surface area (Å²) in [6.45, 7) is 7.13. The predicted octanol–water partition coefficient (Wildman–Crippen LogP) is 5.77. The zero-order valence-corrected chi connectivity index (χ0v) is 25.2. The van der Waals surface area contributed by atoms with E-state index in [0.29, 0.717) is 39.1 Å². The lowest BCUT2D eigenvalue weighted by molar-refractivity contribution is 0.0964. The number of fused-ring (bicyclic) bond motifs is 1. The molecule has 8 nitrogen and oxygen atoms in total. The van der Waals surface area contributed by atoms with E-state index < -0.39 is 18.2 Å². The number of hydrogen-bond acceptors (Lipinski definition) is 6. The Balaban J connectivity index is 1.96. The van der Waals surface area contributed by atoms with Gasteiger partial charge in [-0.2, -0.15) is 4.98 Å². The van der Waals surface area contributed by atoms with Crippen LogP contribution >= 0.6 is 30.7 Å². The number of nitrogens with one attached hydrogen (secondary N) is 1. The molecule has 3 aromatic rings. The van der Waals surface area contributed by atoms with Gasteiger partial charge in [0.15, 0.2) is 5.82 Å². The first-order chi connectivity index (χ1) is 17.1. The van der Waals surface area contributed by atoms with Gasteiger partial charge in [-0.3, -0.25) is 9.10 Å². The zero-order chi connectivity index (χ0) is 26.5. The highest BCUT2D eigenvalue weighted by Gasteiger charge is 2.27. The average molecular weight is 646 g/mol. The number of amides is 1. The third kappa shape index (κ3) is 6.96. The molecule has 1 amide bonds. The van der Waals surface area contributed by atoms with Crippen LogP contribution in [0.5, 0.6) is 0 Å². The maximum Gasteiger partial charge on any atom is 0.255 e. The second-order valence-corrected chi connectivity index (χ2v) is 13.6. The van der Waals surface area contributed by atoms with Crippen LogP contribution in [0.2, 0.25) is 0 Å². The number of unbranched alkanes of at least 4 members (excludes halogenated alkanes) is 2. The fourth-order valence-electron chi connectivity index (χ4n) is 3.90. The Kier molecular flexibility index (Phi) is 10.1. The SMILES string of the molecule is CCOP(C)CCCCCN(c1nc2oc(-c3ccc(C)cc3)c(C(=O)NC)c2cc1I)S(C)(=O)=O. The molecule has 1 N–H and O–H groups in total. The summed E-state index contributed by atoms with van der Waals surface area (Å²) in [5.41, 5.74) is 2.44. The minimum absolute atomic E-state index is 0.224. The van der Waals surface area contributed by atoms with E-state index in [1.165, 1.54) is 10.6 Å². The van der Waals surface area contributed by atoms with E-state index >= 15 is 0 Å². The normalized spacial score (nSPS) is 12.6. The Bertz CT molecular complexity index is 1310. The van der Waals surface area contributed by atoms with Crippen LogP contribution in [0, 0.1) is 10.5 Å². The molecule has 1 aromatic carbocycles. The molecular formula is C25H33IN3O5PS. The fourth-order valence-corrected chi connectivity index (χ4v) is 6.94. The molecule has 0 aliphatic rings. The van der Waals surface area contributed by atoms with Crippen LogP contribution in [0.15, 0.2) is 34.7 Å². The number of pyridine rings is 1. The first-order valence-electron chi connectivity index (χ1n) is 11.8. The first-order valence-corrected chi connectivity index (χ1v) is 16.6. The monoisotopic (exact) mass is 645 g/mol. The van der Waals surface area contributed by atoms with Gasteiger partial charge in [-0.15, -0.1) is 0 Å². The summed E-state index contributed by atoms with van der Waals surface area (Å²) < 4.78 is 39.1. The van der Waals surface area contributed by atoms with Gasteiger partial charge in [0, 0.05) is 33.9 Å². The van der Waals surface area contributed by atoms with Crippen molar-refractivity contribution in [2.45, 2.75) is 33.1 Å². The molecule has 1 atom stereocenters. The molecule has 0 aliphatic heterocycles. The highest BCUT2D eigenvalue weighted by Crippen LogP contribution is 2.37. The number of benzene rings is 1. The van der Waals surface area contributed by atoms with Crippen LogP contribution < -0.4 is 9.62 Å². The van der Waals surface area contributed by atoms with Gasteiger partial charge in [0.25, 0.3) is 5.91 Å². The largest absolute Gasteiger partial charge is 0.437 e. The summed E-state index contributed by atoms with van der Waals surface area (Å²) in [5, 5.41) is 3.22. The van der Waals surface area contributed by atoms with Crippen molar-refractivity contribution in [2.24, 2.45) is 0 Å². The molecule has 2 aromatic heterocycles. The Morgan fingerprint density at radius 3 is 2.53 bits per heavy atom. The number of nitrogens with zero attached hydrogens (tertiary/aromatic N) is 2. The first kappa shape index (κ1) is 28.8. The van der Waals surface area contributed by atoms with Crippen molar-refractivity contribution < 1.29 is 22.2 Å². The minimum Gasteiger partial charge on any atom is -0.437 e. The number of carbonyl (C=O) groups excluding carboxylic acids is 1. The Hall–Kier alpha value is -1.75. The number of aryl methyl sites for hydroxylation is 1. The molecule has 0 saturated carbocycles. The van der Waals surface area contributed by atoms with Crippen molar-refractivity contribution in [2.75, 3.05) is 43.6 Å². The summed E-state index contributed by atoms with van der Waals surface area (Å²) in [5.74, 6) is 0.420. The Morgan fingerprint density at radius 2 is 1.92 bits per heavy atom. The molecule has 0 spiro atoms. The Labute approximate surface area is 228 Å². The van der Waals surface area contributed by atoms with Crippen LogP contribution in [0.4, 0.5) is 5.82 Å². The molecule has 0 saturated heterocycles. The van der Waals surface area contributed by atoms with E-state index in [4.69, 9.17) is 8.94 Å². The zero-order valence-electron chi connectivity index (χ0n) is 21.3. The lowest BCUT2D eigenvalue weighted by atomic mass is 10.0. The number of aromatic nitrogens is 1. The van der Waals surface area contributed by atoms with E-state index in [2.05, 4.69) is 39.6 Å². The van der Waals surface area contributed by atoms with Gasteiger partial charge >= 0.3 is 0 Å². The van der Waals surface area contributed by atoms with Crippen LogP contribution in [-0.2, 0) is 14.5 Å². The van der Waals surface area contributed by atoms with Crippen LogP contribution in [0.1, 0.15) is 42.1 Å². The predicted molar refractivity (Wildman–Crippen MR) is 156 cm³/mol. The molecule has 11 heteroatoms. The highest BCUT2D eigenvalue weighted by molar-refractivity contribution is 14.1. The fraction of sp³-hybridized carbons (Fsp3) is 0.440. The van der Waals surface area contributed by atoms with Crippen molar-refractivity contribution in [1.29, 1.82) is 0 Å². The molecule has 0 aliphatic carbocycles. The lowest BCUT2D eigenvalue weighted by Crippen LogP contribution is -2.32. The van der Waals surface area contributed by atoms with E-state index in [-0.39, 0.29) is 11.6 Å². The van der Waals surface area contributed by atoms with Crippen molar-refractivity contribution in [1.82, 2.24) is 10.3 Å². The topological polar surface area (TPSA) is 102 Å². The van der Waals surface area contributed by atoms with E-state index in [1.807, 2.05) is 38.1 Å². The number of sulfonamides is 1. The maximum absolute atomic E-state index is 12.8. The maximum atomic E-state index is 12.8. The van der Waals surface area contributed by atoms with Gasteiger partial charge < -0.3 is 14.3 Å². The summed E-state index contributed by atoms with van der Waals surface area (Å²) >= 11 is 2.07. The molecular weight excluding hydrogens is 612 g/mol. The van der Waals surface area contributed by atoms with Crippen LogP contribution in [0.25, 0.3) is 22.4 Å². The molecule has 0 radical (unpaired) electrons. The van der Waals surface area contributed by atoms with Crippen molar-refractivity contribution in [3.8, 4) is 11.3 Å². The van der Waals surface area contributed by atoms with Gasteiger partial charge in [0.2, 0.25) is 15.7 Å². The number of carbonyl (C=O) groups is 1. The molecule has 36 heavy (non-hydrogen) atoms. The standard InChI is InChI=1S/C25H33IN3O5PS/c1-6-33-35(4)15-9-7-8-14-29(36(5,31)32)23-20(26)16-19-21(24(30)27-3)22(34-25(19)28-23)18-12-10-17(2)11-13-18/h10-13,16H,6-9,14-15H2,1-5H3,(H,27,30). The van der Waals surface area contributed by atoms with Crippen molar-refractivity contribution >= 4 is 63.6 Å². The molecule has 3 rings (SSSR count). The Morgan fingerprint density at radius 1 is 1.22 bits per heavy atom. The third-order valence-corrected chi connectivity index (χ3v) is 9.30. The number of furan rings is 1. The molecule has 0 bridgehead atoms. The van der Waals surface area contributed by atoms with Gasteiger partial charge in [-0.05, 0) is 68.2 Å². The van der Waals surface area contributed by atoms with Gasteiger partial charge in [0.05, 0.1) is 20.8 Å². The number of hydrogen-bond donors (Lipinski definition) is 1. The molecule has 1 unspecified atom stereocenters. The lowest BCUT2D eigenvalue weighted by Gasteiger charge is -2.22. The summed E-state index contributed by atoms with van der Waals surface area (Å²) in [6, 6.07) is 9.44. The minimum atomic E-state index is -3.58.